The van der Waals surface area contributed by atoms with Crippen molar-refractivity contribution >= 4 is 0 Å². The van der Waals surface area contributed by atoms with Crippen LogP contribution >= 0.6 is 0 Å². The van der Waals surface area contributed by atoms with Gasteiger partial charge in [-0.1, -0.05) is 39.3 Å². The van der Waals surface area contributed by atoms with Gasteiger partial charge in [-0.15, -0.1) is 0 Å². The molecule has 2 rings (SSSR count). The molecule has 2 saturated carbocycles. The van der Waals surface area contributed by atoms with Gasteiger partial charge in [-0.05, 0) is 61.7 Å². The summed E-state index contributed by atoms with van der Waals surface area (Å²) >= 11 is 0. The second kappa shape index (κ2) is 4.55. The molecule has 2 fully saturated rings. The van der Waals surface area contributed by atoms with Crippen molar-refractivity contribution in [1.29, 1.82) is 0 Å². The van der Waals surface area contributed by atoms with E-state index in [1.54, 1.807) is 5.57 Å². The van der Waals surface area contributed by atoms with Gasteiger partial charge >= 0.3 is 0 Å². The lowest BCUT2D eigenvalue weighted by Gasteiger charge is -2.38. The second-order valence-corrected chi connectivity index (χ2v) is 6.53. The Labute approximate surface area is 102 Å². The van der Waals surface area contributed by atoms with Gasteiger partial charge in [0.05, 0.1) is 0 Å². The Balaban J connectivity index is 1.89. The highest BCUT2D eigenvalue weighted by molar-refractivity contribution is 5.16. The van der Waals surface area contributed by atoms with Gasteiger partial charge in [-0.25, -0.2) is 0 Å². The third kappa shape index (κ3) is 2.08. The Bertz CT molecular complexity index is 274. The summed E-state index contributed by atoms with van der Waals surface area (Å²) in [6.07, 6.45) is 6.69. The molecule has 2 aliphatic rings. The lowest BCUT2D eigenvalue weighted by Crippen LogP contribution is -2.28. The van der Waals surface area contributed by atoms with Crippen LogP contribution in [0.25, 0.3) is 0 Å². The van der Waals surface area contributed by atoms with Crippen molar-refractivity contribution in [2.24, 2.45) is 35.5 Å². The van der Waals surface area contributed by atoms with Crippen LogP contribution in [0, 0.1) is 35.5 Å². The summed E-state index contributed by atoms with van der Waals surface area (Å²) in [5.74, 6) is 5.75. The quantitative estimate of drug-likeness (QED) is 0.591. The Morgan fingerprint density at radius 3 is 2.12 bits per heavy atom. The average Bonchev–Trinajstić information content (AvgIpc) is 2.94. The molecule has 0 saturated heterocycles. The highest BCUT2D eigenvalue weighted by atomic mass is 14.5. The summed E-state index contributed by atoms with van der Waals surface area (Å²) in [4.78, 5) is 0. The molecular formula is C16H28. The number of hydrogen-bond acceptors (Lipinski definition) is 0. The van der Waals surface area contributed by atoms with E-state index in [1.165, 1.54) is 19.3 Å². The molecule has 0 radical (unpaired) electrons. The SMILES string of the molecule is CC=C1CCC1C(C)C(C)C1CC1C(C)C. The van der Waals surface area contributed by atoms with E-state index in [0.717, 1.165) is 35.5 Å². The van der Waals surface area contributed by atoms with Crippen LogP contribution in [0.1, 0.15) is 53.9 Å². The lowest BCUT2D eigenvalue weighted by atomic mass is 9.67. The van der Waals surface area contributed by atoms with Crippen LogP contribution in [-0.4, -0.2) is 0 Å². The van der Waals surface area contributed by atoms with Crippen molar-refractivity contribution in [2.75, 3.05) is 0 Å². The zero-order valence-corrected chi connectivity index (χ0v) is 11.7. The van der Waals surface area contributed by atoms with Gasteiger partial charge in [-0.3, -0.25) is 0 Å². The van der Waals surface area contributed by atoms with E-state index in [-0.39, 0.29) is 0 Å². The van der Waals surface area contributed by atoms with Gasteiger partial charge in [0.2, 0.25) is 0 Å². The molecule has 5 atom stereocenters. The molecule has 0 heterocycles. The molecule has 2 aliphatic carbocycles. The van der Waals surface area contributed by atoms with E-state index in [1.807, 2.05) is 0 Å². The standard InChI is InChI=1S/C16H28/c1-6-13-7-8-14(13)11(4)12(5)16-9-15(16)10(2)3/h6,10-12,14-16H,7-9H2,1-5H3. The fraction of sp³-hybridized carbons (Fsp3) is 0.875. The summed E-state index contributed by atoms with van der Waals surface area (Å²) in [7, 11) is 0. The first-order valence-electron chi connectivity index (χ1n) is 7.21. The van der Waals surface area contributed by atoms with Gasteiger partial charge in [0, 0.05) is 0 Å². The number of rotatable bonds is 4. The van der Waals surface area contributed by atoms with Gasteiger partial charge in [0.15, 0.2) is 0 Å². The minimum absolute atomic E-state index is 0.905. The third-order valence-electron chi connectivity index (χ3n) is 5.48. The monoisotopic (exact) mass is 220 g/mol. The van der Waals surface area contributed by atoms with Crippen molar-refractivity contribution in [3.63, 3.8) is 0 Å². The lowest BCUT2D eigenvalue weighted by molar-refractivity contribution is 0.206. The maximum atomic E-state index is 2.50. The molecule has 0 aromatic rings. The molecule has 92 valence electrons. The average molecular weight is 220 g/mol. The molecule has 16 heavy (non-hydrogen) atoms. The molecular weight excluding hydrogens is 192 g/mol. The minimum Gasteiger partial charge on any atom is -0.0882 e. The van der Waals surface area contributed by atoms with E-state index >= 15 is 0 Å². The number of allylic oxidation sites excluding steroid dienone is 2. The van der Waals surface area contributed by atoms with Crippen LogP contribution in [0.5, 0.6) is 0 Å². The highest BCUT2D eigenvalue weighted by Crippen LogP contribution is 2.54. The van der Waals surface area contributed by atoms with Crippen LogP contribution in [0.3, 0.4) is 0 Å². The Morgan fingerprint density at radius 1 is 1.06 bits per heavy atom. The summed E-state index contributed by atoms with van der Waals surface area (Å²) in [6.45, 7) is 12.0. The van der Waals surface area contributed by atoms with E-state index in [0.29, 0.717) is 0 Å². The summed E-state index contributed by atoms with van der Waals surface area (Å²) in [6, 6.07) is 0. The Hall–Kier alpha value is -0.260. The third-order valence-corrected chi connectivity index (χ3v) is 5.48. The Morgan fingerprint density at radius 2 is 1.75 bits per heavy atom. The molecule has 0 amide bonds. The summed E-state index contributed by atoms with van der Waals surface area (Å²) in [5.41, 5.74) is 1.74. The van der Waals surface area contributed by atoms with Crippen molar-refractivity contribution in [2.45, 2.75) is 53.9 Å². The molecule has 0 heteroatoms. The van der Waals surface area contributed by atoms with Crippen molar-refractivity contribution < 1.29 is 0 Å². The first-order valence-corrected chi connectivity index (χ1v) is 7.21. The molecule has 0 nitrogen and oxygen atoms in total. The van der Waals surface area contributed by atoms with Crippen LogP contribution in [-0.2, 0) is 0 Å². The molecule has 0 spiro atoms. The highest BCUT2D eigenvalue weighted by Gasteiger charge is 2.46. The fourth-order valence-corrected chi connectivity index (χ4v) is 3.80. The van der Waals surface area contributed by atoms with Gasteiger partial charge < -0.3 is 0 Å². The normalized spacial score (nSPS) is 39.6. The first kappa shape index (κ1) is 12.2. The van der Waals surface area contributed by atoms with Crippen molar-refractivity contribution in [3.05, 3.63) is 11.6 Å². The molecule has 0 aromatic carbocycles. The zero-order chi connectivity index (χ0) is 11.9. The molecule has 0 bridgehead atoms. The summed E-state index contributed by atoms with van der Waals surface area (Å²) < 4.78 is 0. The topological polar surface area (TPSA) is 0 Å². The zero-order valence-electron chi connectivity index (χ0n) is 11.7. The van der Waals surface area contributed by atoms with Crippen LogP contribution < -0.4 is 0 Å². The molecule has 0 N–H and O–H groups in total. The number of hydrogen-bond donors (Lipinski definition) is 0. The molecule has 0 aromatic heterocycles. The van der Waals surface area contributed by atoms with Gasteiger partial charge in [0.1, 0.15) is 0 Å². The van der Waals surface area contributed by atoms with E-state index < -0.39 is 0 Å². The fourth-order valence-electron chi connectivity index (χ4n) is 3.80. The van der Waals surface area contributed by atoms with E-state index in [2.05, 4.69) is 40.7 Å². The maximum Gasteiger partial charge on any atom is -0.0172 e. The van der Waals surface area contributed by atoms with Crippen LogP contribution in [0.15, 0.2) is 11.6 Å². The Kier molecular flexibility index (Phi) is 3.47. The predicted octanol–water partition coefficient (Wildman–Crippen LogP) is 4.91. The largest absolute Gasteiger partial charge is 0.0882 e. The van der Waals surface area contributed by atoms with Crippen molar-refractivity contribution in [1.82, 2.24) is 0 Å². The van der Waals surface area contributed by atoms with Crippen LogP contribution in [0.4, 0.5) is 0 Å². The van der Waals surface area contributed by atoms with Crippen LogP contribution in [0.2, 0.25) is 0 Å². The first-order chi connectivity index (χ1) is 7.56. The predicted molar refractivity (Wildman–Crippen MR) is 71.2 cm³/mol. The summed E-state index contributed by atoms with van der Waals surface area (Å²) in [5, 5.41) is 0. The molecule has 0 aliphatic heterocycles. The second-order valence-electron chi connectivity index (χ2n) is 6.53. The van der Waals surface area contributed by atoms with E-state index in [4.69, 9.17) is 0 Å². The van der Waals surface area contributed by atoms with Gasteiger partial charge in [0.25, 0.3) is 0 Å². The van der Waals surface area contributed by atoms with Crippen molar-refractivity contribution in [3.8, 4) is 0 Å². The minimum atomic E-state index is 0.905. The molecule has 5 unspecified atom stereocenters. The van der Waals surface area contributed by atoms with Gasteiger partial charge in [-0.2, -0.15) is 0 Å². The maximum absolute atomic E-state index is 2.50. The smallest absolute Gasteiger partial charge is 0.0172 e. The van der Waals surface area contributed by atoms with E-state index in [9.17, 15) is 0 Å².